The Morgan fingerprint density at radius 2 is 2.33 bits per heavy atom. The maximum atomic E-state index is 5.78. The molecule has 1 aliphatic heterocycles. The normalized spacial score (nSPS) is 37.7. The number of hydrogen-bond acceptors (Lipinski definition) is 2. The van der Waals surface area contributed by atoms with Gasteiger partial charge < -0.3 is 11.1 Å². The van der Waals surface area contributed by atoms with Crippen LogP contribution in [0.5, 0.6) is 0 Å². The van der Waals surface area contributed by atoms with Gasteiger partial charge in [-0.2, -0.15) is 0 Å². The van der Waals surface area contributed by atoms with E-state index in [2.05, 4.69) is 19.2 Å². The summed E-state index contributed by atoms with van der Waals surface area (Å²) in [7, 11) is 0. The molecule has 54 valence electrons. The Morgan fingerprint density at radius 1 is 1.78 bits per heavy atom. The van der Waals surface area contributed by atoms with Crippen LogP contribution in [0.2, 0.25) is 0 Å². The topological polar surface area (TPSA) is 38.0 Å². The zero-order valence-corrected chi connectivity index (χ0v) is 6.28. The summed E-state index contributed by atoms with van der Waals surface area (Å²) in [5.41, 5.74) is 6.07. The zero-order chi connectivity index (χ0) is 6.91. The fourth-order valence-corrected chi connectivity index (χ4v) is 1.46. The second-order valence-corrected chi connectivity index (χ2v) is 2.98. The molecule has 1 aliphatic rings. The largest absolute Gasteiger partial charge is 0.326 e. The highest BCUT2D eigenvalue weighted by Crippen LogP contribution is 2.24. The molecule has 0 bridgehead atoms. The third kappa shape index (κ3) is 0.970. The van der Waals surface area contributed by atoms with Crippen LogP contribution in [-0.4, -0.2) is 18.1 Å². The van der Waals surface area contributed by atoms with E-state index >= 15 is 0 Å². The van der Waals surface area contributed by atoms with Gasteiger partial charge in [-0.05, 0) is 26.3 Å². The smallest absolute Gasteiger partial charge is 0.0339 e. The molecular weight excluding hydrogens is 112 g/mol. The maximum Gasteiger partial charge on any atom is 0.0339 e. The Kier molecular flexibility index (Phi) is 1.78. The Morgan fingerprint density at radius 3 is 2.33 bits per heavy atom. The second-order valence-electron chi connectivity index (χ2n) is 2.98. The average molecular weight is 128 g/mol. The second kappa shape index (κ2) is 2.27. The molecule has 1 fully saturated rings. The first-order chi connectivity index (χ1) is 4.21. The summed E-state index contributed by atoms with van der Waals surface area (Å²) in [4.78, 5) is 0. The highest BCUT2D eigenvalue weighted by atomic mass is 15.1. The van der Waals surface area contributed by atoms with E-state index in [-0.39, 0.29) is 0 Å². The predicted octanol–water partition coefficient (Wildman–Crippen LogP) is 0.476. The Bertz CT molecular complexity index is 89.6. The first-order valence-corrected chi connectivity index (χ1v) is 3.72. The summed E-state index contributed by atoms with van der Waals surface area (Å²) in [5, 5.41) is 3.38. The molecule has 2 atom stereocenters. The Hall–Kier alpha value is -0.0800. The van der Waals surface area contributed by atoms with Gasteiger partial charge in [0.05, 0.1) is 0 Å². The summed E-state index contributed by atoms with van der Waals surface area (Å²) in [6.45, 7) is 5.42. The van der Waals surface area contributed by atoms with E-state index in [4.69, 9.17) is 5.73 Å². The van der Waals surface area contributed by atoms with Crippen LogP contribution in [0.4, 0.5) is 0 Å². The number of rotatable bonds is 2. The van der Waals surface area contributed by atoms with Gasteiger partial charge in [0.1, 0.15) is 0 Å². The van der Waals surface area contributed by atoms with Crippen molar-refractivity contribution in [3.05, 3.63) is 0 Å². The monoisotopic (exact) mass is 128 g/mol. The minimum atomic E-state index is 0.292. The Labute approximate surface area is 56.8 Å². The van der Waals surface area contributed by atoms with Gasteiger partial charge in [0, 0.05) is 11.6 Å². The van der Waals surface area contributed by atoms with Gasteiger partial charge in [0.15, 0.2) is 0 Å². The summed E-state index contributed by atoms with van der Waals surface area (Å²) in [6, 6.07) is 0.302. The molecule has 1 unspecified atom stereocenters. The molecule has 0 radical (unpaired) electrons. The molecule has 0 spiro atoms. The van der Waals surface area contributed by atoms with Gasteiger partial charge in [-0.15, -0.1) is 0 Å². The lowest BCUT2D eigenvalue weighted by atomic mass is 9.79. The zero-order valence-electron chi connectivity index (χ0n) is 6.28. The van der Waals surface area contributed by atoms with Crippen LogP contribution in [0, 0.1) is 0 Å². The fraction of sp³-hybridized carbons (Fsp3) is 1.00. The van der Waals surface area contributed by atoms with Crippen molar-refractivity contribution in [3.8, 4) is 0 Å². The van der Waals surface area contributed by atoms with Gasteiger partial charge >= 0.3 is 0 Å². The summed E-state index contributed by atoms with van der Waals surface area (Å²) in [5.74, 6) is 0. The third-order valence-electron chi connectivity index (χ3n) is 2.55. The van der Waals surface area contributed by atoms with E-state index in [1.807, 2.05) is 0 Å². The number of hydrogen-bond donors (Lipinski definition) is 2. The van der Waals surface area contributed by atoms with E-state index in [0.717, 1.165) is 13.0 Å². The van der Waals surface area contributed by atoms with Gasteiger partial charge in [0.25, 0.3) is 0 Å². The molecule has 2 heteroatoms. The van der Waals surface area contributed by atoms with Crippen molar-refractivity contribution < 1.29 is 0 Å². The lowest BCUT2D eigenvalue weighted by Gasteiger charge is -2.46. The number of nitrogens with one attached hydrogen (secondary N) is 1. The van der Waals surface area contributed by atoms with Crippen LogP contribution < -0.4 is 11.1 Å². The van der Waals surface area contributed by atoms with Gasteiger partial charge in [0.2, 0.25) is 0 Å². The van der Waals surface area contributed by atoms with Gasteiger partial charge in [-0.3, -0.25) is 0 Å². The van der Waals surface area contributed by atoms with Crippen molar-refractivity contribution in [2.24, 2.45) is 5.73 Å². The molecule has 2 nitrogen and oxygen atoms in total. The van der Waals surface area contributed by atoms with E-state index < -0.39 is 0 Å². The molecular formula is C7H16N2. The van der Waals surface area contributed by atoms with Crippen molar-refractivity contribution in [2.45, 2.75) is 38.3 Å². The number of nitrogens with two attached hydrogens (primary N) is 1. The molecule has 1 heterocycles. The standard InChI is InChI=1S/C7H16N2/c1-3-7(6(2)8)4-5-9-7/h6,9H,3-5,8H2,1-2H3/t6-,7?/m1/s1. The van der Waals surface area contributed by atoms with Crippen LogP contribution >= 0.6 is 0 Å². The fourth-order valence-electron chi connectivity index (χ4n) is 1.46. The van der Waals surface area contributed by atoms with E-state index in [1.165, 1.54) is 6.42 Å². The molecule has 3 N–H and O–H groups in total. The maximum absolute atomic E-state index is 5.78. The van der Waals surface area contributed by atoms with Crippen LogP contribution in [0.25, 0.3) is 0 Å². The molecule has 0 amide bonds. The third-order valence-corrected chi connectivity index (χ3v) is 2.55. The minimum absolute atomic E-state index is 0.292. The lowest BCUT2D eigenvalue weighted by molar-refractivity contribution is 0.166. The lowest BCUT2D eigenvalue weighted by Crippen LogP contribution is -2.65. The summed E-state index contributed by atoms with van der Waals surface area (Å²) >= 11 is 0. The van der Waals surface area contributed by atoms with Crippen LogP contribution in [0.15, 0.2) is 0 Å². The summed E-state index contributed by atoms with van der Waals surface area (Å²) < 4.78 is 0. The highest BCUT2D eigenvalue weighted by molar-refractivity contribution is 5.01. The molecule has 0 aromatic rings. The Balaban J connectivity index is 2.46. The van der Waals surface area contributed by atoms with Crippen molar-refractivity contribution in [1.82, 2.24) is 5.32 Å². The quantitative estimate of drug-likeness (QED) is 0.567. The summed E-state index contributed by atoms with van der Waals surface area (Å²) in [6.07, 6.45) is 2.41. The molecule has 9 heavy (non-hydrogen) atoms. The highest BCUT2D eigenvalue weighted by Gasteiger charge is 2.37. The van der Waals surface area contributed by atoms with Crippen LogP contribution in [0.3, 0.4) is 0 Å². The van der Waals surface area contributed by atoms with Crippen molar-refractivity contribution in [1.29, 1.82) is 0 Å². The molecule has 0 aromatic carbocycles. The van der Waals surface area contributed by atoms with Gasteiger partial charge in [-0.1, -0.05) is 6.92 Å². The first-order valence-electron chi connectivity index (χ1n) is 3.72. The van der Waals surface area contributed by atoms with E-state index in [1.54, 1.807) is 0 Å². The average Bonchev–Trinajstić information content (AvgIpc) is 1.62. The van der Waals surface area contributed by atoms with Crippen molar-refractivity contribution in [3.63, 3.8) is 0 Å². The predicted molar refractivity (Wildman–Crippen MR) is 39.3 cm³/mol. The molecule has 0 aromatic heterocycles. The molecule has 1 saturated heterocycles. The van der Waals surface area contributed by atoms with E-state index in [0.29, 0.717) is 11.6 Å². The molecule has 1 rings (SSSR count). The van der Waals surface area contributed by atoms with Crippen molar-refractivity contribution in [2.75, 3.05) is 6.54 Å². The van der Waals surface area contributed by atoms with E-state index in [9.17, 15) is 0 Å². The SMILES string of the molecule is CCC1([C@@H](C)N)CCN1. The molecule has 0 saturated carbocycles. The van der Waals surface area contributed by atoms with Crippen molar-refractivity contribution >= 4 is 0 Å². The minimum Gasteiger partial charge on any atom is -0.326 e. The van der Waals surface area contributed by atoms with Gasteiger partial charge in [-0.25, -0.2) is 0 Å². The first kappa shape index (κ1) is 7.03. The van der Waals surface area contributed by atoms with Crippen LogP contribution in [0.1, 0.15) is 26.7 Å². The van der Waals surface area contributed by atoms with Crippen LogP contribution in [-0.2, 0) is 0 Å². The molecule has 0 aliphatic carbocycles.